The highest BCUT2D eigenvalue weighted by Gasteiger charge is 2.26. The van der Waals surface area contributed by atoms with Gasteiger partial charge in [-0.15, -0.1) is 49.6 Å². The summed E-state index contributed by atoms with van der Waals surface area (Å²) in [7, 11) is 0. The molecule has 19 heteroatoms. The molecule has 0 atom stereocenters. The van der Waals surface area contributed by atoms with Crippen LogP contribution in [0.2, 0.25) is 0 Å². The van der Waals surface area contributed by atoms with Gasteiger partial charge in [0.05, 0.1) is 22.3 Å². The lowest BCUT2D eigenvalue weighted by molar-refractivity contribution is 0.0683. The van der Waals surface area contributed by atoms with E-state index in [1.807, 2.05) is 12.1 Å². The van der Waals surface area contributed by atoms with Gasteiger partial charge in [0.15, 0.2) is 0 Å². The van der Waals surface area contributed by atoms with Crippen LogP contribution in [0, 0.1) is 0 Å². The van der Waals surface area contributed by atoms with Gasteiger partial charge in [0.2, 0.25) is 0 Å². The summed E-state index contributed by atoms with van der Waals surface area (Å²) in [6.07, 6.45) is 24.5. The molecule has 4 aromatic carbocycles. The zero-order chi connectivity index (χ0) is 62.4. The molecule has 15 nitrogen and oxygen atoms in total. The van der Waals surface area contributed by atoms with Gasteiger partial charge in [-0.25, -0.2) is 19.2 Å². The zero-order valence-electron chi connectivity index (χ0n) is 56.2. The number of aromatic carboxylic acids is 4. The fraction of sp³-hybridized carbons (Fsp3) is 0.611. The van der Waals surface area contributed by atoms with E-state index < -0.39 is 23.9 Å². The predicted octanol–water partition coefficient (Wildman–Crippen LogP) is 18.2. The number of carboxylic acids is 4. The highest BCUT2D eigenvalue weighted by atomic mass is 35.5. The maximum atomic E-state index is 12.9. The molecule has 516 valence electrons. The van der Waals surface area contributed by atoms with Crippen molar-refractivity contribution in [3.8, 4) is 0 Å². The first-order valence-electron chi connectivity index (χ1n) is 33.5. The van der Waals surface area contributed by atoms with Gasteiger partial charge in [0.25, 0.3) is 0 Å². The first-order valence-corrected chi connectivity index (χ1v) is 33.5. The second-order valence-corrected chi connectivity index (χ2v) is 24.0. The summed E-state index contributed by atoms with van der Waals surface area (Å²) in [5, 5.41) is 43.4. The van der Waals surface area contributed by atoms with E-state index in [9.17, 15) is 39.6 Å². The van der Waals surface area contributed by atoms with Gasteiger partial charge in [0.1, 0.15) is 22.3 Å². The van der Waals surface area contributed by atoms with Gasteiger partial charge in [-0.1, -0.05) is 107 Å². The topological polar surface area (TPSA) is 220 Å². The van der Waals surface area contributed by atoms with Crippen LogP contribution in [0.4, 0.5) is 0 Å². The number of nitrogens with zero attached hydrogens (tertiary/aromatic N) is 4. The van der Waals surface area contributed by atoms with Crippen LogP contribution in [0.3, 0.4) is 0 Å². The highest BCUT2D eigenvalue weighted by Crippen LogP contribution is 2.39. The molecule has 0 radical (unpaired) electrons. The fourth-order valence-electron chi connectivity index (χ4n) is 12.2. The van der Waals surface area contributed by atoms with E-state index in [0.29, 0.717) is 69.9 Å². The lowest BCUT2D eigenvalue weighted by atomic mass is 9.90. The van der Waals surface area contributed by atoms with Crippen LogP contribution < -0.4 is 0 Å². The molecular weight excluding hydrogens is 1240 g/mol. The van der Waals surface area contributed by atoms with Crippen molar-refractivity contribution in [2.75, 3.05) is 78.5 Å². The summed E-state index contributed by atoms with van der Waals surface area (Å²) >= 11 is 0. The minimum Gasteiger partial charge on any atom is -0.478 e. The summed E-state index contributed by atoms with van der Waals surface area (Å²) < 4.78 is 12.5. The zero-order valence-corrected chi connectivity index (χ0v) is 59.5. The maximum absolute atomic E-state index is 12.9. The van der Waals surface area contributed by atoms with Crippen LogP contribution in [0.5, 0.6) is 0 Å². The molecule has 0 saturated carbocycles. The Bertz CT molecular complexity index is 2820. The molecule has 0 unspecified atom stereocenters. The molecule has 6 rings (SSSR count). The Morgan fingerprint density at radius 2 is 0.571 bits per heavy atom. The van der Waals surface area contributed by atoms with E-state index in [1.165, 1.54) is 25.7 Å². The van der Waals surface area contributed by atoms with E-state index in [0.717, 1.165) is 214 Å². The van der Waals surface area contributed by atoms with E-state index in [2.05, 4.69) is 75.0 Å². The van der Waals surface area contributed by atoms with Crippen molar-refractivity contribution in [3.63, 3.8) is 0 Å². The second-order valence-electron chi connectivity index (χ2n) is 24.0. The van der Waals surface area contributed by atoms with Crippen molar-refractivity contribution in [3.05, 3.63) is 93.0 Å². The minimum atomic E-state index is -1.01. The maximum Gasteiger partial charge on any atom is 0.336 e. The smallest absolute Gasteiger partial charge is 0.336 e. The molecule has 2 aromatic heterocycles. The molecule has 0 spiro atoms. The lowest BCUT2D eigenvalue weighted by Crippen LogP contribution is -2.28. The van der Waals surface area contributed by atoms with Crippen molar-refractivity contribution < 1.29 is 53.9 Å². The monoisotopic (exact) mass is 1350 g/mol. The number of unbranched alkanes of at least 4 members (excludes halogenated alkanes) is 8. The van der Waals surface area contributed by atoms with Gasteiger partial charge in [0, 0.05) is 21.5 Å². The van der Waals surface area contributed by atoms with Gasteiger partial charge in [-0.2, -0.15) is 0 Å². The Morgan fingerprint density at radius 1 is 0.330 bits per heavy atom. The van der Waals surface area contributed by atoms with Gasteiger partial charge in [-0.05, 0) is 252 Å². The average Bonchev–Trinajstić information content (AvgIpc) is 1.65. The Labute approximate surface area is 568 Å². The van der Waals surface area contributed by atoms with Crippen LogP contribution in [-0.2, 0) is 25.7 Å². The lowest BCUT2D eigenvalue weighted by Gasteiger charge is -2.23. The average molecular weight is 1350 g/mol. The quantitative estimate of drug-likeness (QED) is 0.0280. The highest BCUT2D eigenvalue weighted by molar-refractivity contribution is 6.13. The van der Waals surface area contributed by atoms with Crippen molar-refractivity contribution in [1.82, 2.24) is 19.6 Å². The Hall–Kier alpha value is -4.68. The van der Waals surface area contributed by atoms with Gasteiger partial charge >= 0.3 is 23.9 Å². The molecule has 0 aliphatic heterocycles. The molecular formula is C72H114Cl4N4O11. The fourth-order valence-corrected chi connectivity index (χ4v) is 12.2. The van der Waals surface area contributed by atoms with Crippen molar-refractivity contribution >= 4 is 117 Å². The predicted molar refractivity (Wildman–Crippen MR) is 386 cm³/mol. The first-order chi connectivity index (χ1) is 41.7. The second kappa shape index (κ2) is 47.2. The van der Waals surface area contributed by atoms with Gasteiger partial charge < -0.3 is 54.3 Å². The number of halogens is 4. The Kier molecular flexibility index (Phi) is 44.8. The third-order valence-electron chi connectivity index (χ3n) is 17.1. The van der Waals surface area contributed by atoms with Gasteiger partial charge in [-0.3, -0.25) is 0 Å². The first kappa shape index (κ1) is 86.3. The molecule has 2 heterocycles. The third-order valence-corrected chi connectivity index (χ3v) is 17.1. The molecule has 6 aromatic rings. The Morgan fingerprint density at radius 3 is 0.802 bits per heavy atom. The van der Waals surface area contributed by atoms with E-state index >= 15 is 0 Å². The molecule has 0 saturated heterocycles. The molecule has 0 aliphatic carbocycles. The van der Waals surface area contributed by atoms with Crippen molar-refractivity contribution in [2.45, 2.75) is 209 Å². The summed E-state index contributed by atoms with van der Waals surface area (Å²) in [6.45, 7) is 29.9. The van der Waals surface area contributed by atoms with Crippen LogP contribution >= 0.6 is 49.6 Å². The number of carbonyl (C=O) groups is 4. The van der Waals surface area contributed by atoms with E-state index in [1.54, 1.807) is 36.4 Å². The molecule has 0 amide bonds. The number of rotatable bonds is 44. The van der Waals surface area contributed by atoms with Crippen LogP contribution in [0.15, 0.2) is 57.4 Å². The summed E-state index contributed by atoms with van der Waals surface area (Å²) in [5.74, 6) is -3.85. The van der Waals surface area contributed by atoms with Crippen LogP contribution in [0.25, 0.3) is 43.9 Å². The molecule has 0 aliphatic rings. The molecule has 0 fully saturated rings. The SMILES string of the molecule is CCCCN(CCCC)CCCc1cc2oc3ccc(C(=O)O)cc3c2c(CCCN(CCCC)CCCC)c1C(=O)O.CCCCN(CCCC)CCCc1cc2oc3ccc(C(=O)O)cc3c2c(CCCN(CCCC)CCCC)c1C(=O)O.Cl.Cl.Cl.Cl.O. The number of hydrogen-bond acceptors (Lipinski definition) is 10. The minimum absolute atomic E-state index is 0. The van der Waals surface area contributed by atoms with Crippen LogP contribution in [0.1, 0.15) is 247 Å². The van der Waals surface area contributed by atoms with E-state index in [-0.39, 0.29) is 66.2 Å². The molecule has 6 N–H and O–H groups in total. The largest absolute Gasteiger partial charge is 0.478 e. The van der Waals surface area contributed by atoms with E-state index in [4.69, 9.17) is 8.83 Å². The van der Waals surface area contributed by atoms with Crippen molar-refractivity contribution in [2.24, 2.45) is 0 Å². The standard InChI is InChI=1S/2C36H54N2O5.4ClH.H2O/c2*1-5-9-19-37(20-10-6-2)23-13-15-27-26-32-34(30-25-28(35(39)40)17-18-31(30)43-32)29(33(27)36(41)42)16-14-24-38(21-11-7-3)22-12-8-4;;;;;/h2*17-18,25-26H,5-16,19-24H2,1-4H3,(H,39,40)(H,41,42);4*1H;1H2. The number of furan rings is 2. The van der Waals surface area contributed by atoms with Crippen LogP contribution in [-0.4, -0.2) is 148 Å². The number of benzene rings is 4. The number of fused-ring (bicyclic) bond motifs is 6. The summed E-state index contributed by atoms with van der Waals surface area (Å²) in [4.78, 5) is 59.5. The number of carboxylic acid groups (broad SMARTS) is 4. The van der Waals surface area contributed by atoms with Crippen molar-refractivity contribution in [1.29, 1.82) is 0 Å². The normalized spacial score (nSPS) is 11.2. The molecule has 91 heavy (non-hydrogen) atoms. The number of hydrogen-bond donors (Lipinski definition) is 4. The summed E-state index contributed by atoms with van der Waals surface area (Å²) in [6, 6.07) is 13.6. The molecule has 0 bridgehead atoms. The third kappa shape index (κ3) is 26.6. The summed E-state index contributed by atoms with van der Waals surface area (Å²) in [5.41, 5.74) is 6.75. The number of aryl methyl sites for hydroxylation is 4. The Balaban J connectivity index is 0.00000169.